The number of halogens is 1. The predicted octanol–water partition coefficient (Wildman–Crippen LogP) is 4.07. The Balaban J connectivity index is 2.03. The molecule has 4 heteroatoms. The molecule has 0 amide bonds. The van der Waals surface area contributed by atoms with E-state index in [4.69, 9.17) is 9.47 Å². The van der Waals surface area contributed by atoms with E-state index in [0.29, 0.717) is 35.8 Å². The van der Waals surface area contributed by atoms with Crippen LogP contribution in [0.5, 0.6) is 11.5 Å². The molecule has 0 aliphatic carbocycles. The molecule has 0 saturated carbocycles. The number of aryl methyl sites for hydroxylation is 2. The highest BCUT2D eigenvalue weighted by molar-refractivity contribution is 9.10. The van der Waals surface area contributed by atoms with Gasteiger partial charge in [-0.2, -0.15) is 0 Å². The molecule has 0 saturated heterocycles. The summed E-state index contributed by atoms with van der Waals surface area (Å²) >= 11 is 3.45. The number of fused-ring (bicyclic) bond motifs is 1. The van der Waals surface area contributed by atoms with Crippen LogP contribution in [0.25, 0.3) is 0 Å². The Kier molecular flexibility index (Phi) is 3.72. The zero-order chi connectivity index (χ0) is 15.0. The monoisotopic (exact) mass is 346 g/mol. The molecule has 2 aromatic rings. The van der Waals surface area contributed by atoms with Gasteiger partial charge in [0.1, 0.15) is 13.2 Å². The van der Waals surface area contributed by atoms with Crippen molar-refractivity contribution < 1.29 is 14.3 Å². The summed E-state index contributed by atoms with van der Waals surface area (Å²) in [5, 5.41) is 0. The molecule has 0 aromatic heterocycles. The van der Waals surface area contributed by atoms with Gasteiger partial charge in [-0.1, -0.05) is 12.1 Å². The Hall–Kier alpha value is -1.81. The van der Waals surface area contributed by atoms with E-state index in [1.807, 2.05) is 32.0 Å². The van der Waals surface area contributed by atoms with Crippen molar-refractivity contribution in [1.29, 1.82) is 0 Å². The Morgan fingerprint density at radius 1 is 1.00 bits per heavy atom. The lowest BCUT2D eigenvalue weighted by atomic mass is 9.99. The molecule has 0 unspecified atom stereocenters. The second kappa shape index (κ2) is 5.53. The minimum atomic E-state index is -0.0260. The zero-order valence-electron chi connectivity index (χ0n) is 11.9. The Morgan fingerprint density at radius 2 is 1.67 bits per heavy atom. The fraction of sp³-hybridized carbons (Fsp3) is 0.235. The van der Waals surface area contributed by atoms with Crippen LogP contribution in [0.4, 0.5) is 0 Å². The SMILES string of the molecule is Cc1ccc(C(=O)c2cc3c(cc2Br)OCCO3)cc1C. The molecule has 0 bridgehead atoms. The second-order valence-corrected chi connectivity index (χ2v) is 5.96. The van der Waals surface area contributed by atoms with Crippen LogP contribution in [-0.2, 0) is 0 Å². The van der Waals surface area contributed by atoms with Crippen molar-refractivity contribution in [3.8, 4) is 11.5 Å². The maximum absolute atomic E-state index is 12.7. The third kappa shape index (κ3) is 2.68. The molecule has 1 heterocycles. The number of hydrogen-bond acceptors (Lipinski definition) is 3. The number of carbonyl (C=O) groups is 1. The first-order valence-corrected chi connectivity index (χ1v) is 7.56. The molecule has 0 atom stereocenters. The lowest BCUT2D eigenvalue weighted by Gasteiger charge is -2.19. The van der Waals surface area contributed by atoms with E-state index in [9.17, 15) is 4.79 Å². The molecule has 0 fully saturated rings. The number of carbonyl (C=O) groups excluding carboxylic acids is 1. The topological polar surface area (TPSA) is 35.5 Å². The molecule has 2 aromatic carbocycles. The number of hydrogen-bond donors (Lipinski definition) is 0. The molecular formula is C17H15BrO3. The summed E-state index contributed by atoms with van der Waals surface area (Å²) in [7, 11) is 0. The summed E-state index contributed by atoms with van der Waals surface area (Å²) < 4.78 is 11.8. The van der Waals surface area contributed by atoms with Gasteiger partial charge in [-0.05, 0) is 59.1 Å². The van der Waals surface area contributed by atoms with E-state index in [1.54, 1.807) is 12.1 Å². The number of rotatable bonds is 2. The van der Waals surface area contributed by atoms with E-state index < -0.39 is 0 Å². The summed E-state index contributed by atoms with van der Waals surface area (Å²) in [5.74, 6) is 1.27. The summed E-state index contributed by atoms with van der Waals surface area (Å²) in [4.78, 5) is 12.7. The average Bonchev–Trinajstić information content (AvgIpc) is 2.48. The Morgan fingerprint density at radius 3 is 2.33 bits per heavy atom. The van der Waals surface area contributed by atoms with Gasteiger partial charge in [0.05, 0.1) is 0 Å². The van der Waals surface area contributed by atoms with E-state index in [1.165, 1.54) is 5.56 Å². The van der Waals surface area contributed by atoms with Gasteiger partial charge in [0.2, 0.25) is 0 Å². The summed E-state index contributed by atoms with van der Waals surface area (Å²) in [6.07, 6.45) is 0. The van der Waals surface area contributed by atoms with Gasteiger partial charge in [0.25, 0.3) is 0 Å². The molecule has 3 rings (SSSR count). The normalized spacial score (nSPS) is 13.1. The first-order chi connectivity index (χ1) is 10.1. The number of ketones is 1. The van der Waals surface area contributed by atoms with Crippen molar-refractivity contribution >= 4 is 21.7 Å². The minimum absolute atomic E-state index is 0.0260. The van der Waals surface area contributed by atoms with Gasteiger partial charge < -0.3 is 9.47 Å². The fourth-order valence-corrected chi connectivity index (χ4v) is 2.78. The second-order valence-electron chi connectivity index (χ2n) is 5.10. The molecule has 108 valence electrons. The lowest BCUT2D eigenvalue weighted by molar-refractivity contribution is 0.103. The maximum atomic E-state index is 12.7. The zero-order valence-corrected chi connectivity index (χ0v) is 13.5. The quantitative estimate of drug-likeness (QED) is 0.769. The summed E-state index contributed by atoms with van der Waals surface area (Å²) in [6.45, 7) is 5.07. The van der Waals surface area contributed by atoms with E-state index in [-0.39, 0.29) is 5.78 Å². The van der Waals surface area contributed by atoms with Gasteiger partial charge in [-0.25, -0.2) is 0 Å². The van der Waals surface area contributed by atoms with Crippen LogP contribution in [-0.4, -0.2) is 19.0 Å². The van der Waals surface area contributed by atoms with Crippen LogP contribution >= 0.6 is 15.9 Å². The highest BCUT2D eigenvalue weighted by Crippen LogP contribution is 2.36. The van der Waals surface area contributed by atoms with Crippen LogP contribution in [0.1, 0.15) is 27.0 Å². The van der Waals surface area contributed by atoms with Crippen LogP contribution in [0.2, 0.25) is 0 Å². The molecule has 21 heavy (non-hydrogen) atoms. The van der Waals surface area contributed by atoms with Crippen molar-refractivity contribution in [2.75, 3.05) is 13.2 Å². The molecule has 1 aliphatic rings. The maximum Gasteiger partial charge on any atom is 0.194 e. The lowest BCUT2D eigenvalue weighted by Crippen LogP contribution is -2.16. The van der Waals surface area contributed by atoms with Crippen molar-refractivity contribution in [2.45, 2.75) is 13.8 Å². The van der Waals surface area contributed by atoms with Crippen LogP contribution in [0.15, 0.2) is 34.8 Å². The number of benzene rings is 2. The highest BCUT2D eigenvalue weighted by Gasteiger charge is 2.19. The third-order valence-electron chi connectivity index (χ3n) is 3.65. The van der Waals surface area contributed by atoms with Gasteiger partial charge in [0.15, 0.2) is 17.3 Å². The first-order valence-electron chi connectivity index (χ1n) is 6.77. The average molecular weight is 347 g/mol. The summed E-state index contributed by atoms with van der Waals surface area (Å²) in [5.41, 5.74) is 3.54. The Bertz CT molecular complexity index is 722. The number of ether oxygens (including phenoxy) is 2. The third-order valence-corrected chi connectivity index (χ3v) is 4.30. The molecular weight excluding hydrogens is 332 g/mol. The van der Waals surface area contributed by atoms with Gasteiger partial charge in [-0.15, -0.1) is 0 Å². The van der Waals surface area contributed by atoms with Crippen molar-refractivity contribution in [3.63, 3.8) is 0 Å². The molecule has 0 spiro atoms. The van der Waals surface area contributed by atoms with Crippen LogP contribution in [0.3, 0.4) is 0 Å². The van der Waals surface area contributed by atoms with Crippen LogP contribution in [0, 0.1) is 13.8 Å². The first kappa shape index (κ1) is 14.1. The largest absolute Gasteiger partial charge is 0.486 e. The van der Waals surface area contributed by atoms with Gasteiger partial charge in [0, 0.05) is 15.6 Å². The summed E-state index contributed by atoms with van der Waals surface area (Å²) in [6, 6.07) is 9.28. The smallest absolute Gasteiger partial charge is 0.194 e. The molecule has 0 radical (unpaired) electrons. The predicted molar refractivity (Wildman–Crippen MR) is 84.5 cm³/mol. The standard InChI is InChI=1S/C17H15BrO3/c1-10-3-4-12(7-11(10)2)17(19)13-8-15-16(9-14(13)18)21-6-5-20-15/h3-4,7-9H,5-6H2,1-2H3. The highest BCUT2D eigenvalue weighted by atomic mass is 79.9. The molecule has 1 aliphatic heterocycles. The van der Waals surface area contributed by atoms with E-state index in [2.05, 4.69) is 15.9 Å². The Labute approximate surface area is 132 Å². The van der Waals surface area contributed by atoms with Crippen molar-refractivity contribution in [3.05, 3.63) is 57.1 Å². The van der Waals surface area contributed by atoms with Gasteiger partial charge >= 0.3 is 0 Å². The van der Waals surface area contributed by atoms with E-state index in [0.717, 1.165) is 10.0 Å². The van der Waals surface area contributed by atoms with Crippen LogP contribution < -0.4 is 9.47 Å². The molecule has 0 N–H and O–H groups in total. The van der Waals surface area contributed by atoms with Crippen molar-refractivity contribution in [2.24, 2.45) is 0 Å². The fourth-order valence-electron chi connectivity index (χ4n) is 2.28. The van der Waals surface area contributed by atoms with Crippen molar-refractivity contribution in [1.82, 2.24) is 0 Å². The van der Waals surface area contributed by atoms with E-state index >= 15 is 0 Å². The minimum Gasteiger partial charge on any atom is -0.486 e. The van der Waals surface area contributed by atoms with Gasteiger partial charge in [-0.3, -0.25) is 4.79 Å². The molecule has 3 nitrogen and oxygen atoms in total.